The molecule has 0 bridgehead atoms. The smallest absolute Gasteiger partial charge is 0.416 e. The first-order chi connectivity index (χ1) is 27.4. The number of nitrogens with zero attached hydrogens (tertiary/aromatic N) is 3. The highest BCUT2D eigenvalue weighted by atomic mass is 19.4. The van der Waals surface area contributed by atoms with E-state index in [4.69, 9.17) is 4.74 Å². The van der Waals surface area contributed by atoms with E-state index in [1.165, 1.54) is 98.9 Å². The molecule has 57 heavy (non-hydrogen) atoms. The minimum atomic E-state index is -4.68. The molecule has 2 aliphatic rings. The monoisotopic (exact) mass is 782 g/mol. The molecule has 3 aromatic carbocycles. The quantitative estimate of drug-likeness (QED) is 0.131. The minimum absolute atomic E-state index is 0.0163. The van der Waals surface area contributed by atoms with E-state index in [2.05, 4.69) is 28.3 Å². The Morgan fingerprint density at radius 3 is 2.19 bits per heavy atom. The van der Waals surface area contributed by atoms with Gasteiger partial charge >= 0.3 is 12.1 Å². The van der Waals surface area contributed by atoms with Gasteiger partial charge in [0.15, 0.2) is 5.82 Å². The van der Waals surface area contributed by atoms with Crippen LogP contribution in [0.25, 0.3) is 17.0 Å². The van der Waals surface area contributed by atoms with Crippen molar-refractivity contribution < 1.29 is 37.4 Å². The molecule has 0 aliphatic heterocycles. The van der Waals surface area contributed by atoms with Gasteiger partial charge in [-0.2, -0.15) is 13.2 Å². The lowest BCUT2D eigenvalue weighted by Gasteiger charge is -2.35. The summed E-state index contributed by atoms with van der Waals surface area (Å²) in [4.78, 5) is 48.4. The second-order valence-corrected chi connectivity index (χ2v) is 15.2. The molecule has 1 heterocycles. The molecule has 1 unspecified atom stereocenters. The Morgan fingerprint density at radius 1 is 0.895 bits per heavy atom. The molecule has 0 radical (unpaired) electrons. The van der Waals surface area contributed by atoms with Crippen molar-refractivity contribution in [2.45, 2.75) is 83.9 Å². The number of aromatic nitrogens is 2. The van der Waals surface area contributed by atoms with Gasteiger partial charge in [-0.1, -0.05) is 69.0 Å². The minimum Gasteiger partial charge on any atom is -0.497 e. The number of carbonyl (C=O) groups excluding carboxylic acids is 2. The number of methoxy groups -OCH3 is 1. The number of benzene rings is 3. The van der Waals surface area contributed by atoms with Gasteiger partial charge in [0.1, 0.15) is 12.3 Å². The predicted molar refractivity (Wildman–Crippen MR) is 212 cm³/mol. The van der Waals surface area contributed by atoms with Crippen molar-refractivity contribution in [2.75, 3.05) is 19.0 Å². The summed E-state index contributed by atoms with van der Waals surface area (Å²) in [7, 11) is 1.25. The summed E-state index contributed by atoms with van der Waals surface area (Å²) in [5.41, 5.74) is 3.09. The number of ether oxygens (including phenoxy) is 1. The average molecular weight is 783 g/mol. The van der Waals surface area contributed by atoms with Crippen molar-refractivity contribution in [1.29, 1.82) is 0 Å². The fourth-order valence-electron chi connectivity index (χ4n) is 8.24. The van der Waals surface area contributed by atoms with Gasteiger partial charge in [0, 0.05) is 41.3 Å². The zero-order chi connectivity index (χ0) is 40.5. The Balaban J connectivity index is 1.03. The van der Waals surface area contributed by atoms with E-state index in [0.29, 0.717) is 11.4 Å². The van der Waals surface area contributed by atoms with Crippen LogP contribution in [0.3, 0.4) is 0 Å². The number of alkyl halides is 3. The van der Waals surface area contributed by atoms with Crippen LogP contribution >= 0.6 is 0 Å². The molecule has 1 aromatic heterocycles. The summed E-state index contributed by atoms with van der Waals surface area (Å²) in [5.74, 6) is 0.716. The molecule has 0 saturated heterocycles. The molecule has 12 heteroatoms. The number of hydrogen-bond acceptors (Lipinski definition) is 6. The third-order valence-corrected chi connectivity index (χ3v) is 11.3. The number of anilines is 1. The molecular formula is C45H49F3N4O5. The van der Waals surface area contributed by atoms with Crippen molar-refractivity contribution >= 4 is 29.0 Å². The molecule has 2 aliphatic carbocycles. The third kappa shape index (κ3) is 10.9. The fraction of sp³-hybridized carbons (Fsp3) is 0.400. The number of nitrogens with one attached hydrogen (secondary N) is 1. The van der Waals surface area contributed by atoms with E-state index in [-0.39, 0.29) is 29.1 Å². The van der Waals surface area contributed by atoms with Gasteiger partial charge in [-0.3, -0.25) is 14.4 Å². The van der Waals surface area contributed by atoms with Crippen LogP contribution in [0.1, 0.15) is 97.3 Å². The van der Waals surface area contributed by atoms with Gasteiger partial charge in [0.25, 0.3) is 5.91 Å². The second kappa shape index (κ2) is 18.6. The van der Waals surface area contributed by atoms with Gasteiger partial charge in [0.2, 0.25) is 5.91 Å². The summed E-state index contributed by atoms with van der Waals surface area (Å²) in [6.45, 7) is 1.75. The van der Waals surface area contributed by atoms with Gasteiger partial charge in [-0.15, -0.1) is 0 Å². The summed E-state index contributed by atoms with van der Waals surface area (Å²) in [6, 6.07) is 16.4. The van der Waals surface area contributed by atoms with E-state index in [1.54, 1.807) is 12.1 Å². The number of halogens is 3. The maximum atomic E-state index is 13.6. The van der Waals surface area contributed by atoms with Crippen LogP contribution in [-0.2, 0) is 28.7 Å². The molecule has 1 atom stereocenters. The standard InChI is InChI=1S/C45H49F3N4O5/c1-3-4-29-5-9-31(10-6-29)32-13-15-33(16-14-32)37-25-49-43(50-26-37)34-11-7-30(8-12-34)27-52(28-42(54)55)44(56)35-17-20-38(21-18-35)51-41(53)23-36-19-22-39(57-2)24-40(36)45(46,47)48/h7-8,11-12,15,17-22,24-26,29,31-32H,3-6,9-10,13-14,16,23,27-28H2,1-2H3,(H,51,53)(H,54,55). The number of hydrogen-bond donors (Lipinski definition) is 2. The van der Waals surface area contributed by atoms with Crippen LogP contribution in [0.5, 0.6) is 5.75 Å². The number of rotatable bonds is 14. The largest absolute Gasteiger partial charge is 0.497 e. The number of carboxylic acids is 1. The normalized spacial score (nSPS) is 18.3. The SMILES string of the molecule is CCCC1CCC(C2CC=C(c3cnc(-c4ccc(CN(CC(=O)O)C(=O)c5ccc(NC(=O)Cc6ccc(OC)cc6C(F)(F)F)cc5)cc4)nc3)CC2)CC1. The van der Waals surface area contributed by atoms with Gasteiger partial charge in [0.05, 0.1) is 19.1 Å². The van der Waals surface area contributed by atoms with Crippen LogP contribution in [0.4, 0.5) is 18.9 Å². The summed E-state index contributed by atoms with van der Waals surface area (Å²) < 4.78 is 45.7. The zero-order valence-corrected chi connectivity index (χ0v) is 32.4. The van der Waals surface area contributed by atoms with Crippen LogP contribution in [0.15, 0.2) is 85.2 Å². The van der Waals surface area contributed by atoms with E-state index >= 15 is 0 Å². The topological polar surface area (TPSA) is 122 Å². The van der Waals surface area contributed by atoms with E-state index in [0.717, 1.165) is 47.8 Å². The first kappa shape index (κ1) is 41.1. The van der Waals surface area contributed by atoms with Crippen molar-refractivity contribution in [3.63, 3.8) is 0 Å². The molecular weight excluding hydrogens is 734 g/mol. The van der Waals surface area contributed by atoms with Crippen LogP contribution in [0, 0.1) is 17.8 Å². The maximum Gasteiger partial charge on any atom is 0.416 e. The number of allylic oxidation sites excluding steroid dienone is 2. The Labute approximate surface area is 331 Å². The molecule has 2 amide bonds. The maximum absolute atomic E-state index is 13.6. The average Bonchev–Trinajstić information content (AvgIpc) is 3.21. The second-order valence-electron chi connectivity index (χ2n) is 15.2. The molecule has 4 aromatic rings. The third-order valence-electron chi connectivity index (χ3n) is 11.3. The summed E-state index contributed by atoms with van der Waals surface area (Å²) >= 11 is 0. The molecule has 6 rings (SSSR count). The Bertz CT molecular complexity index is 2040. The number of aliphatic carboxylic acids is 1. The first-order valence-corrected chi connectivity index (χ1v) is 19.7. The van der Waals surface area contributed by atoms with Crippen LogP contribution < -0.4 is 10.1 Å². The lowest BCUT2D eigenvalue weighted by molar-refractivity contribution is -0.139. The Kier molecular flexibility index (Phi) is 13.4. The summed E-state index contributed by atoms with van der Waals surface area (Å²) in [6.07, 6.45) is 12.5. The Hall–Kier alpha value is -5.52. The zero-order valence-electron chi connectivity index (χ0n) is 32.4. The van der Waals surface area contributed by atoms with Gasteiger partial charge in [-0.25, -0.2) is 9.97 Å². The van der Waals surface area contributed by atoms with Crippen molar-refractivity contribution in [3.8, 4) is 17.1 Å². The predicted octanol–water partition coefficient (Wildman–Crippen LogP) is 9.87. The van der Waals surface area contributed by atoms with Crippen LogP contribution in [0.2, 0.25) is 0 Å². The van der Waals surface area contributed by atoms with E-state index in [1.807, 2.05) is 24.5 Å². The molecule has 300 valence electrons. The highest BCUT2D eigenvalue weighted by Gasteiger charge is 2.34. The number of carbonyl (C=O) groups is 3. The number of carboxylic acid groups (broad SMARTS) is 1. The van der Waals surface area contributed by atoms with Crippen LogP contribution in [-0.4, -0.2) is 51.4 Å². The van der Waals surface area contributed by atoms with Crippen molar-refractivity contribution in [2.24, 2.45) is 17.8 Å². The fourth-order valence-corrected chi connectivity index (χ4v) is 8.24. The molecule has 9 nitrogen and oxygen atoms in total. The number of amides is 2. The lowest BCUT2D eigenvalue weighted by atomic mass is 9.70. The molecule has 2 N–H and O–H groups in total. The first-order valence-electron chi connectivity index (χ1n) is 19.7. The highest BCUT2D eigenvalue weighted by molar-refractivity contribution is 5.97. The summed E-state index contributed by atoms with van der Waals surface area (Å²) in [5, 5.41) is 12.1. The molecule has 0 spiro atoms. The van der Waals surface area contributed by atoms with Gasteiger partial charge < -0.3 is 20.1 Å². The van der Waals surface area contributed by atoms with Crippen molar-refractivity contribution in [1.82, 2.24) is 14.9 Å². The lowest BCUT2D eigenvalue weighted by Crippen LogP contribution is -2.35. The van der Waals surface area contributed by atoms with Gasteiger partial charge in [-0.05, 0) is 103 Å². The van der Waals surface area contributed by atoms with E-state index in [9.17, 15) is 32.7 Å². The van der Waals surface area contributed by atoms with Crippen molar-refractivity contribution in [3.05, 3.63) is 113 Å². The molecule has 1 fully saturated rings. The Morgan fingerprint density at radius 2 is 1.60 bits per heavy atom. The highest BCUT2D eigenvalue weighted by Crippen LogP contribution is 2.42. The van der Waals surface area contributed by atoms with E-state index < -0.39 is 42.5 Å². The molecule has 1 saturated carbocycles.